The topological polar surface area (TPSA) is 29.3 Å². The van der Waals surface area contributed by atoms with Gasteiger partial charge in [0.1, 0.15) is 0 Å². The van der Waals surface area contributed by atoms with Crippen molar-refractivity contribution in [1.29, 1.82) is 0 Å². The molecule has 1 N–H and O–H groups in total. The molecule has 3 nitrogen and oxygen atoms in total. The van der Waals surface area contributed by atoms with Gasteiger partial charge >= 0.3 is 0 Å². The van der Waals surface area contributed by atoms with E-state index in [0.29, 0.717) is 5.92 Å². The van der Waals surface area contributed by atoms with Crippen molar-refractivity contribution in [1.82, 2.24) is 4.57 Å². The first-order valence-corrected chi connectivity index (χ1v) is 17.9. The molecule has 0 spiro atoms. The highest BCUT2D eigenvalue weighted by atomic mass is 15.4. The third-order valence-corrected chi connectivity index (χ3v) is 11.6. The van der Waals surface area contributed by atoms with E-state index in [4.69, 9.17) is 4.99 Å². The second-order valence-electron chi connectivity index (χ2n) is 15.0. The molecule has 0 saturated carbocycles. The van der Waals surface area contributed by atoms with Gasteiger partial charge in [-0.05, 0) is 87.7 Å². The second-order valence-corrected chi connectivity index (χ2v) is 15.0. The Kier molecular flexibility index (Phi) is 6.10. The first-order chi connectivity index (χ1) is 24.3. The first-order valence-electron chi connectivity index (χ1n) is 17.9. The quantitative estimate of drug-likeness (QED) is 0.204. The Labute approximate surface area is 293 Å². The molecule has 50 heavy (non-hydrogen) atoms. The molecule has 242 valence electrons. The Morgan fingerprint density at radius 3 is 2.32 bits per heavy atom. The SMILES string of the molecule is CC1CC=CC=C1c1ccc2c3c4ccccc4ccc3n(C3(C)N=C(c4ccc5c(c4)C(C)(C)c4ccccc4-5)c4ccccc4N3)c2c1. The van der Waals surface area contributed by atoms with Crippen LogP contribution in [0.15, 0.2) is 145 Å². The van der Waals surface area contributed by atoms with Crippen molar-refractivity contribution in [2.75, 3.05) is 5.32 Å². The highest BCUT2D eigenvalue weighted by Crippen LogP contribution is 2.49. The van der Waals surface area contributed by atoms with E-state index >= 15 is 0 Å². The van der Waals surface area contributed by atoms with Crippen molar-refractivity contribution in [3.63, 3.8) is 0 Å². The van der Waals surface area contributed by atoms with Crippen LogP contribution in [-0.2, 0) is 11.2 Å². The number of rotatable bonds is 3. The van der Waals surface area contributed by atoms with Crippen molar-refractivity contribution >= 4 is 49.6 Å². The molecule has 3 heteroatoms. The Hall–Kier alpha value is -5.67. The van der Waals surface area contributed by atoms with Crippen LogP contribution in [0, 0.1) is 5.92 Å². The molecule has 2 aliphatic carbocycles. The van der Waals surface area contributed by atoms with Crippen LogP contribution in [0.3, 0.4) is 0 Å². The average Bonchev–Trinajstić information content (AvgIpc) is 3.60. The number of allylic oxidation sites excluding steroid dienone is 4. The van der Waals surface area contributed by atoms with Crippen molar-refractivity contribution in [2.45, 2.75) is 45.3 Å². The summed E-state index contributed by atoms with van der Waals surface area (Å²) in [6, 6.07) is 44.9. The number of nitrogens with one attached hydrogen (secondary N) is 1. The van der Waals surface area contributed by atoms with E-state index in [2.05, 4.69) is 177 Å². The van der Waals surface area contributed by atoms with Crippen LogP contribution < -0.4 is 5.32 Å². The number of hydrogen-bond donors (Lipinski definition) is 1. The van der Waals surface area contributed by atoms with Gasteiger partial charge in [-0.2, -0.15) is 0 Å². The van der Waals surface area contributed by atoms with E-state index in [0.717, 1.165) is 28.9 Å². The van der Waals surface area contributed by atoms with Crippen LogP contribution >= 0.6 is 0 Å². The van der Waals surface area contributed by atoms with Crippen molar-refractivity contribution < 1.29 is 0 Å². The fourth-order valence-electron chi connectivity index (χ4n) is 9.10. The van der Waals surface area contributed by atoms with E-state index in [1.807, 2.05) is 0 Å². The van der Waals surface area contributed by atoms with E-state index in [-0.39, 0.29) is 5.41 Å². The standard InChI is InChI=1S/C47H39N3/c1-29-13-5-7-15-33(29)31-21-25-38-43(28-31)50(42-26-23-30-14-6-8-16-34(30)44(38)42)47(4)48-41-20-12-10-18-37(41)45(49-47)32-22-24-36-35-17-9-11-19-39(35)46(2,3)40(36)27-32/h5-12,14-29,48H,13H2,1-4H3. The molecular formula is C47H39N3. The van der Waals surface area contributed by atoms with Gasteiger partial charge in [-0.25, -0.2) is 4.99 Å². The summed E-state index contributed by atoms with van der Waals surface area (Å²) in [6.45, 7) is 9.27. The van der Waals surface area contributed by atoms with Crippen LogP contribution in [0.1, 0.15) is 61.9 Å². The number of nitrogens with zero attached hydrogens (tertiary/aromatic N) is 2. The largest absolute Gasteiger partial charge is 0.344 e. The third kappa shape index (κ3) is 4.07. The molecule has 2 unspecified atom stereocenters. The van der Waals surface area contributed by atoms with Crippen LogP contribution in [0.2, 0.25) is 0 Å². The van der Waals surface area contributed by atoms with Crippen LogP contribution in [-0.4, -0.2) is 10.3 Å². The minimum Gasteiger partial charge on any atom is -0.344 e. The minimum absolute atomic E-state index is 0.0946. The molecule has 0 amide bonds. The maximum absolute atomic E-state index is 5.77. The lowest BCUT2D eigenvalue weighted by atomic mass is 9.81. The number of para-hydroxylation sites is 1. The zero-order chi connectivity index (χ0) is 33.8. The number of aromatic nitrogens is 1. The van der Waals surface area contributed by atoms with Gasteiger partial charge in [0.2, 0.25) is 5.79 Å². The molecule has 0 saturated heterocycles. The summed E-state index contributed by atoms with van der Waals surface area (Å²) in [7, 11) is 0. The molecule has 0 fully saturated rings. The Morgan fingerprint density at radius 2 is 1.44 bits per heavy atom. The lowest BCUT2D eigenvalue weighted by Crippen LogP contribution is -2.41. The fraction of sp³-hybridized carbons (Fsp3) is 0.170. The summed E-state index contributed by atoms with van der Waals surface area (Å²) in [5.41, 5.74) is 14.7. The van der Waals surface area contributed by atoms with Crippen molar-refractivity contribution in [2.24, 2.45) is 10.9 Å². The van der Waals surface area contributed by atoms with E-state index in [9.17, 15) is 0 Å². The highest BCUT2D eigenvalue weighted by Gasteiger charge is 2.38. The van der Waals surface area contributed by atoms with Gasteiger partial charge in [-0.3, -0.25) is 4.57 Å². The lowest BCUT2D eigenvalue weighted by molar-refractivity contribution is 0.413. The zero-order valence-corrected chi connectivity index (χ0v) is 29.0. The molecule has 6 aromatic carbocycles. The van der Waals surface area contributed by atoms with Crippen LogP contribution in [0.25, 0.3) is 49.3 Å². The van der Waals surface area contributed by atoms with Crippen LogP contribution in [0.4, 0.5) is 5.69 Å². The smallest absolute Gasteiger partial charge is 0.209 e. The molecule has 10 rings (SSSR count). The van der Waals surface area contributed by atoms with Crippen LogP contribution in [0.5, 0.6) is 0 Å². The van der Waals surface area contributed by atoms with Crippen molar-refractivity contribution in [3.05, 3.63) is 167 Å². The van der Waals surface area contributed by atoms with Crippen molar-refractivity contribution in [3.8, 4) is 11.1 Å². The lowest BCUT2D eigenvalue weighted by Gasteiger charge is -2.37. The molecule has 0 bridgehead atoms. The zero-order valence-electron chi connectivity index (χ0n) is 29.0. The Balaban J connectivity index is 1.24. The van der Waals surface area contributed by atoms with E-state index in [1.165, 1.54) is 66.0 Å². The van der Waals surface area contributed by atoms with Gasteiger partial charge < -0.3 is 5.32 Å². The number of fused-ring (bicyclic) bond motifs is 9. The van der Waals surface area contributed by atoms with Gasteiger partial charge in [-0.15, -0.1) is 0 Å². The predicted octanol–water partition coefficient (Wildman–Crippen LogP) is 11.8. The molecule has 3 aliphatic rings. The summed E-state index contributed by atoms with van der Waals surface area (Å²) in [5, 5.41) is 8.97. The first kappa shape index (κ1) is 29.3. The fourth-order valence-corrected chi connectivity index (χ4v) is 9.10. The minimum atomic E-state index is -0.811. The molecule has 0 radical (unpaired) electrons. The monoisotopic (exact) mass is 645 g/mol. The summed E-state index contributed by atoms with van der Waals surface area (Å²) in [5.74, 6) is -0.347. The Morgan fingerprint density at radius 1 is 0.680 bits per heavy atom. The summed E-state index contributed by atoms with van der Waals surface area (Å²) in [4.78, 5) is 5.77. The molecule has 2 heterocycles. The van der Waals surface area contributed by atoms with E-state index in [1.54, 1.807) is 0 Å². The normalized spacial score (nSPS) is 20.3. The van der Waals surface area contributed by atoms with Gasteiger partial charge in [-0.1, -0.05) is 136 Å². The number of aliphatic imine (C=N–C) groups is 1. The second kappa shape index (κ2) is 10.4. The maximum Gasteiger partial charge on any atom is 0.209 e. The molecule has 7 aromatic rings. The highest BCUT2D eigenvalue weighted by molar-refractivity contribution is 6.22. The van der Waals surface area contributed by atoms with Gasteiger partial charge in [0.05, 0.1) is 16.7 Å². The Bertz CT molecular complexity index is 2660. The summed E-state index contributed by atoms with van der Waals surface area (Å²) in [6.07, 6.45) is 7.83. The molecular weight excluding hydrogens is 607 g/mol. The van der Waals surface area contributed by atoms with Gasteiger partial charge in [0, 0.05) is 33.0 Å². The molecule has 2 atom stereocenters. The predicted molar refractivity (Wildman–Crippen MR) is 211 cm³/mol. The maximum atomic E-state index is 5.77. The molecule has 1 aliphatic heterocycles. The third-order valence-electron chi connectivity index (χ3n) is 11.6. The average molecular weight is 646 g/mol. The number of hydrogen-bond acceptors (Lipinski definition) is 2. The van der Waals surface area contributed by atoms with E-state index < -0.39 is 5.79 Å². The van der Waals surface area contributed by atoms with Gasteiger partial charge in [0.25, 0.3) is 0 Å². The summed E-state index contributed by atoms with van der Waals surface area (Å²) < 4.78 is 2.46. The number of anilines is 1. The molecule has 1 aromatic heterocycles. The van der Waals surface area contributed by atoms with Gasteiger partial charge in [0.15, 0.2) is 0 Å². The number of benzene rings is 6. The summed E-state index contributed by atoms with van der Waals surface area (Å²) >= 11 is 0.